The minimum Gasteiger partial charge on any atom is -0.310 e. The summed E-state index contributed by atoms with van der Waals surface area (Å²) in [5.41, 5.74) is 15.0. The van der Waals surface area contributed by atoms with Gasteiger partial charge in [0, 0.05) is 44.3 Å². The molecule has 0 saturated heterocycles. The van der Waals surface area contributed by atoms with Crippen LogP contribution in [0.5, 0.6) is 0 Å². The average molecular weight is 655 g/mol. The van der Waals surface area contributed by atoms with Crippen LogP contribution >= 0.6 is 0 Å². The lowest BCUT2D eigenvalue weighted by Gasteiger charge is -2.27. The number of hydrogen-bond acceptors (Lipinski definition) is 1. The van der Waals surface area contributed by atoms with Crippen LogP contribution in [0.3, 0.4) is 0 Å². The standard InChI is InChI=1S/C49H38N2/c1-49(2)45-20-12-11-19-41(45)43-31-38(26-29-46(43)49)50(37-24-21-34(22-25-37)33-13-5-3-6-14-33)39-27-30-47-44(32-39)42-28-23-35-15-9-10-18-40(35)48(42)51(47)36-16-7-4-8-17-36/h4-5,7-32H,3,6H2,1-2H3. The molecule has 0 spiro atoms. The Balaban J connectivity index is 1.21. The van der Waals surface area contributed by atoms with Crippen LogP contribution in [-0.4, -0.2) is 4.57 Å². The van der Waals surface area contributed by atoms with Gasteiger partial charge in [-0.15, -0.1) is 0 Å². The van der Waals surface area contributed by atoms with Crippen molar-refractivity contribution in [3.05, 3.63) is 187 Å². The normalized spacial score (nSPS) is 14.5. The van der Waals surface area contributed by atoms with E-state index in [9.17, 15) is 0 Å². The summed E-state index contributed by atoms with van der Waals surface area (Å²) >= 11 is 0. The van der Waals surface area contributed by atoms with Crippen molar-refractivity contribution in [3.63, 3.8) is 0 Å². The van der Waals surface area contributed by atoms with Crippen LogP contribution in [-0.2, 0) is 5.41 Å². The van der Waals surface area contributed by atoms with Gasteiger partial charge in [-0.05, 0) is 106 Å². The van der Waals surface area contributed by atoms with Crippen LogP contribution < -0.4 is 4.90 Å². The summed E-state index contributed by atoms with van der Waals surface area (Å²) in [6.07, 6.45) is 9.11. The summed E-state index contributed by atoms with van der Waals surface area (Å²) in [6, 6.07) is 56.2. The van der Waals surface area contributed by atoms with Crippen molar-refractivity contribution in [2.24, 2.45) is 0 Å². The molecule has 0 bridgehead atoms. The van der Waals surface area contributed by atoms with Gasteiger partial charge < -0.3 is 9.47 Å². The highest BCUT2D eigenvalue weighted by atomic mass is 15.1. The molecule has 2 aliphatic rings. The van der Waals surface area contributed by atoms with Gasteiger partial charge in [-0.1, -0.05) is 129 Å². The Hall–Kier alpha value is -6.12. The van der Waals surface area contributed by atoms with Gasteiger partial charge in [0.1, 0.15) is 0 Å². The molecule has 2 nitrogen and oxygen atoms in total. The summed E-state index contributed by atoms with van der Waals surface area (Å²) in [4.78, 5) is 2.44. The fourth-order valence-electron chi connectivity index (χ4n) is 8.68. The van der Waals surface area contributed by atoms with E-state index >= 15 is 0 Å². The average Bonchev–Trinajstić information content (AvgIpc) is 3.64. The van der Waals surface area contributed by atoms with Gasteiger partial charge >= 0.3 is 0 Å². The Morgan fingerprint density at radius 2 is 1.27 bits per heavy atom. The number of rotatable bonds is 5. The zero-order chi connectivity index (χ0) is 34.1. The van der Waals surface area contributed by atoms with Gasteiger partial charge in [-0.25, -0.2) is 0 Å². The van der Waals surface area contributed by atoms with Crippen molar-refractivity contribution >= 4 is 55.2 Å². The molecule has 0 N–H and O–H groups in total. The fraction of sp³-hybridized carbons (Fsp3) is 0.102. The van der Waals surface area contributed by atoms with E-state index < -0.39 is 0 Å². The lowest BCUT2D eigenvalue weighted by molar-refractivity contribution is 0.660. The number of anilines is 3. The van der Waals surface area contributed by atoms with Crippen LogP contribution in [0.2, 0.25) is 0 Å². The van der Waals surface area contributed by atoms with Crippen molar-refractivity contribution in [1.82, 2.24) is 4.57 Å². The lowest BCUT2D eigenvalue weighted by atomic mass is 9.82. The largest absolute Gasteiger partial charge is 0.310 e. The maximum absolute atomic E-state index is 2.44. The summed E-state index contributed by atoms with van der Waals surface area (Å²) in [6.45, 7) is 4.70. The van der Waals surface area contributed by atoms with E-state index in [4.69, 9.17) is 0 Å². The van der Waals surface area contributed by atoms with Gasteiger partial charge in [0.05, 0.1) is 11.0 Å². The number of benzene rings is 7. The second-order valence-corrected chi connectivity index (χ2v) is 14.5. The minimum absolute atomic E-state index is 0.0425. The van der Waals surface area contributed by atoms with E-state index in [1.54, 1.807) is 0 Å². The number of nitrogens with zero attached hydrogens (tertiary/aromatic N) is 2. The molecule has 0 saturated carbocycles. The molecule has 0 radical (unpaired) electrons. The lowest BCUT2D eigenvalue weighted by Crippen LogP contribution is -2.15. The Morgan fingerprint density at radius 3 is 2.12 bits per heavy atom. The van der Waals surface area contributed by atoms with E-state index in [1.807, 2.05) is 0 Å². The SMILES string of the molecule is CC1(C)c2ccccc2-c2cc(N(c3ccc(C4=CCCC=C4)cc3)c3ccc4c(c3)c3ccc5ccccc5c3n4-c3ccccc3)ccc21. The van der Waals surface area contributed by atoms with Crippen LogP contribution in [0.25, 0.3) is 55.0 Å². The quantitative estimate of drug-likeness (QED) is 0.179. The molecule has 0 amide bonds. The maximum Gasteiger partial charge on any atom is 0.0619 e. The number of aromatic nitrogens is 1. The highest BCUT2D eigenvalue weighted by Crippen LogP contribution is 2.51. The number of para-hydroxylation sites is 1. The Labute approximate surface area is 299 Å². The Bertz CT molecular complexity index is 2700. The third kappa shape index (κ3) is 4.63. The first-order valence-corrected chi connectivity index (χ1v) is 18.1. The minimum atomic E-state index is -0.0425. The molecule has 0 fully saturated rings. The van der Waals surface area contributed by atoms with Crippen LogP contribution in [0, 0.1) is 0 Å². The van der Waals surface area contributed by atoms with Gasteiger partial charge in [-0.3, -0.25) is 0 Å². The van der Waals surface area contributed by atoms with E-state index in [2.05, 4.69) is 193 Å². The molecule has 7 aromatic carbocycles. The molecule has 10 rings (SSSR count). The summed E-state index contributed by atoms with van der Waals surface area (Å²) in [5.74, 6) is 0. The maximum atomic E-state index is 2.44. The molecule has 0 aliphatic heterocycles. The molecule has 8 aromatic rings. The Morgan fingerprint density at radius 1 is 0.549 bits per heavy atom. The third-order valence-corrected chi connectivity index (χ3v) is 11.2. The zero-order valence-corrected chi connectivity index (χ0v) is 29.0. The first-order chi connectivity index (χ1) is 25.1. The first-order valence-electron chi connectivity index (χ1n) is 18.1. The van der Waals surface area contributed by atoms with E-state index in [0.717, 1.165) is 29.9 Å². The van der Waals surface area contributed by atoms with E-state index in [1.165, 1.54) is 71.7 Å². The first kappa shape index (κ1) is 29.8. The number of fused-ring (bicyclic) bond motifs is 8. The molecule has 51 heavy (non-hydrogen) atoms. The molecule has 2 aliphatic carbocycles. The third-order valence-electron chi connectivity index (χ3n) is 11.2. The predicted molar refractivity (Wildman–Crippen MR) is 217 cm³/mol. The van der Waals surface area contributed by atoms with Gasteiger partial charge in [-0.2, -0.15) is 0 Å². The molecule has 1 aromatic heterocycles. The molecular weight excluding hydrogens is 617 g/mol. The monoisotopic (exact) mass is 654 g/mol. The van der Waals surface area contributed by atoms with Crippen LogP contribution in [0.15, 0.2) is 170 Å². The van der Waals surface area contributed by atoms with Crippen LogP contribution in [0.4, 0.5) is 17.1 Å². The summed E-state index contributed by atoms with van der Waals surface area (Å²) < 4.78 is 2.44. The van der Waals surface area contributed by atoms with Crippen molar-refractivity contribution in [2.45, 2.75) is 32.1 Å². The van der Waals surface area contributed by atoms with Crippen LogP contribution in [0.1, 0.15) is 43.4 Å². The number of allylic oxidation sites excluding steroid dienone is 4. The van der Waals surface area contributed by atoms with Crippen molar-refractivity contribution in [1.29, 1.82) is 0 Å². The Kier molecular flexibility index (Phi) is 6.69. The van der Waals surface area contributed by atoms with Crippen molar-refractivity contribution in [3.8, 4) is 16.8 Å². The van der Waals surface area contributed by atoms with Gasteiger partial charge in [0.15, 0.2) is 0 Å². The molecular formula is C49H38N2. The molecule has 0 atom stereocenters. The highest BCUT2D eigenvalue weighted by molar-refractivity contribution is 6.19. The summed E-state index contributed by atoms with van der Waals surface area (Å²) in [7, 11) is 0. The molecule has 2 heteroatoms. The molecule has 0 unspecified atom stereocenters. The molecule has 1 heterocycles. The number of hydrogen-bond donors (Lipinski definition) is 0. The summed E-state index contributed by atoms with van der Waals surface area (Å²) in [5, 5.41) is 5.00. The topological polar surface area (TPSA) is 8.17 Å². The van der Waals surface area contributed by atoms with Crippen molar-refractivity contribution < 1.29 is 0 Å². The highest BCUT2D eigenvalue weighted by Gasteiger charge is 2.35. The second-order valence-electron chi connectivity index (χ2n) is 14.5. The van der Waals surface area contributed by atoms with Gasteiger partial charge in [0.2, 0.25) is 0 Å². The van der Waals surface area contributed by atoms with Gasteiger partial charge in [0.25, 0.3) is 0 Å². The van der Waals surface area contributed by atoms with E-state index in [-0.39, 0.29) is 5.41 Å². The predicted octanol–water partition coefficient (Wildman–Crippen LogP) is 13.4. The van der Waals surface area contributed by atoms with Crippen molar-refractivity contribution in [2.75, 3.05) is 4.90 Å². The van der Waals surface area contributed by atoms with E-state index in [0.29, 0.717) is 0 Å². The second kappa shape index (κ2) is 11.5. The molecule has 244 valence electrons. The zero-order valence-electron chi connectivity index (χ0n) is 29.0. The smallest absolute Gasteiger partial charge is 0.0619 e. The fourth-order valence-corrected chi connectivity index (χ4v) is 8.68.